The van der Waals surface area contributed by atoms with E-state index in [1.54, 1.807) is 30.5 Å². The van der Waals surface area contributed by atoms with E-state index >= 15 is 0 Å². The summed E-state index contributed by atoms with van der Waals surface area (Å²) in [4.78, 5) is 12.7. The van der Waals surface area contributed by atoms with Gasteiger partial charge in [-0.05, 0) is 48.5 Å². The van der Waals surface area contributed by atoms with Crippen LogP contribution in [-0.4, -0.2) is 23.4 Å². The van der Waals surface area contributed by atoms with E-state index in [2.05, 4.69) is 20.3 Å². The van der Waals surface area contributed by atoms with E-state index in [9.17, 15) is 12.8 Å². The molecule has 10 heteroatoms. The minimum atomic E-state index is -3.77. The zero-order chi connectivity index (χ0) is 20.6. The minimum Gasteiger partial charge on any atom is -0.384 e. The summed E-state index contributed by atoms with van der Waals surface area (Å²) >= 11 is 0. The Morgan fingerprint density at radius 3 is 2.38 bits per heavy atom. The van der Waals surface area contributed by atoms with Crippen LogP contribution in [-0.2, 0) is 10.0 Å². The Morgan fingerprint density at radius 2 is 1.72 bits per heavy atom. The molecule has 8 nitrogen and oxygen atoms in total. The lowest BCUT2D eigenvalue weighted by molar-refractivity contribution is 0.598. The minimum absolute atomic E-state index is 0.00362. The van der Waals surface area contributed by atoms with Crippen molar-refractivity contribution >= 4 is 38.4 Å². The van der Waals surface area contributed by atoms with Crippen LogP contribution in [0.2, 0.25) is 0 Å². The van der Waals surface area contributed by atoms with Gasteiger partial charge in [0, 0.05) is 34.6 Å². The van der Waals surface area contributed by atoms with Crippen LogP contribution in [0, 0.1) is 5.82 Å². The molecular weight excluding hydrogens is 395 g/mol. The van der Waals surface area contributed by atoms with Crippen LogP contribution in [0.3, 0.4) is 0 Å². The summed E-state index contributed by atoms with van der Waals surface area (Å²) in [5.41, 5.74) is 7.92. The van der Waals surface area contributed by atoms with Crippen LogP contribution in [0.1, 0.15) is 0 Å². The van der Waals surface area contributed by atoms with E-state index in [0.717, 1.165) is 0 Å². The number of benzene rings is 2. The number of halogens is 1. The van der Waals surface area contributed by atoms with Gasteiger partial charge in [-0.25, -0.2) is 32.9 Å². The van der Waals surface area contributed by atoms with Gasteiger partial charge in [0.05, 0.1) is 10.4 Å². The molecule has 0 bridgehead atoms. The molecule has 0 radical (unpaired) electrons. The smallest absolute Gasteiger partial charge is 0.238 e. The Labute approximate surface area is 165 Å². The molecule has 0 aliphatic carbocycles. The summed E-state index contributed by atoms with van der Waals surface area (Å²) < 4.78 is 36.8. The second-order valence-corrected chi connectivity index (χ2v) is 7.81. The van der Waals surface area contributed by atoms with E-state index in [1.807, 2.05) is 0 Å². The number of primary sulfonamides is 1. The summed E-state index contributed by atoms with van der Waals surface area (Å²) in [6.07, 6.45) is 3.05. The van der Waals surface area contributed by atoms with Crippen molar-refractivity contribution in [3.05, 3.63) is 66.7 Å². The van der Waals surface area contributed by atoms with Crippen LogP contribution in [0.5, 0.6) is 0 Å². The number of anilines is 3. The van der Waals surface area contributed by atoms with Crippen LogP contribution in [0.25, 0.3) is 22.0 Å². The fourth-order valence-corrected chi connectivity index (χ4v) is 3.33. The Hall–Kier alpha value is -3.63. The fraction of sp³-hybridized carbons (Fsp3) is 0. The summed E-state index contributed by atoms with van der Waals surface area (Å²) in [7, 11) is -3.77. The first-order valence-corrected chi connectivity index (χ1v) is 9.92. The van der Waals surface area contributed by atoms with Gasteiger partial charge in [0.2, 0.25) is 16.0 Å². The van der Waals surface area contributed by atoms with Crippen molar-refractivity contribution in [3.8, 4) is 11.1 Å². The Morgan fingerprint density at radius 1 is 0.966 bits per heavy atom. The standard InChI is InChI=1S/C19H15FN6O2S/c20-13-7-12-10-24-19(25-14-2-4-15(5-3-14)29(22,27)28)26-18(12)16(8-13)11-1-6-17(21)23-9-11/h1-10H,(H2,21,23)(H2,22,27,28)(H,24,25,26). The van der Waals surface area contributed by atoms with Crippen LogP contribution in [0.4, 0.5) is 21.8 Å². The maximum atomic E-state index is 14.1. The SMILES string of the molecule is Nc1ccc(-c2cc(F)cc3cnc(Nc4ccc(S(N)(=O)=O)cc4)nc23)cn1. The zero-order valence-corrected chi connectivity index (χ0v) is 15.7. The van der Waals surface area contributed by atoms with E-state index in [4.69, 9.17) is 10.9 Å². The summed E-state index contributed by atoms with van der Waals surface area (Å²) in [5, 5.41) is 8.61. The average Bonchev–Trinajstić information content (AvgIpc) is 2.68. The lowest BCUT2D eigenvalue weighted by atomic mass is 10.0. The van der Waals surface area contributed by atoms with Gasteiger partial charge in [-0.1, -0.05) is 0 Å². The molecule has 2 aromatic carbocycles. The zero-order valence-electron chi connectivity index (χ0n) is 14.9. The number of rotatable bonds is 4. The molecule has 0 spiro atoms. The van der Waals surface area contributed by atoms with Crippen LogP contribution >= 0.6 is 0 Å². The number of hydrogen-bond acceptors (Lipinski definition) is 7. The van der Waals surface area contributed by atoms with Gasteiger partial charge in [-0.15, -0.1) is 0 Å². The molecule has 0 atom stereocenters. The molecule has 146 valence electrons. The normalized spacial score (nSPS) is 11.5. The Kier molecular flexibility index (Phi) is 4.57. The topological polar surface area (TPSA) is 137 Å². The van der Waals surface area contributed by atoms with Crippen molar-refractivity contribution in [2.24, 2.45) is 5.14 Å². The monoisotopic (exact) mass is 410 g/mol. The third-order valence-corrected chi connectivity index (χ3v) is 5.11. The summed E-state index contributed by atoms with van der Waals surface area (Å²) in [6.45, 7) is 0. The highest BCUT2D eigenvalue weighted by atomic mass is 32.2. The molecule has 2 aromatic heterocycles. The molecule has 2 heterocycles. The van der Waals surface area contributed by atoms with Crippen molar-refractivity contribution in [1.82, 2.24) is 15.0 Å². The molecule has 4 rings (SSSR count). The molecular formula is C19H15FN6O2S. The van der Waals surface area contributed by atoms with Gasteiger partial charge in [-0.3, -0.25) is 0 Å². The largest absolute Gasteiger partial charge is 0.384 e. The molecule has 0 aliphatic rings. The van der Waals surface area contributed by atoms with Crippen LogP contribution in [0.15, 0.2) is 65.8 Å². The van der Waals surface area contributed by atoms with Gasteiger partial charge in [0.1, 0.15) is 11.6 Å². The number of nitrogen functional groups attached to an aromatic ring is 1. The predicted molar refractivity (Wildman–Crippen MR) is 108 cm³/mol. The molecule has 5 N–H and O–H groups in total. The molecule has 4 aromatic rings. The quantitative estimate of drug-likeness (QED) is 0.470. The fourth-order valence-electron chi connectivity index (χ4n) is 2.81. The van der Waals surface area contributed by atoms with Gasteiger partial charge in [-0.2, -0.15) is 0 Å². The number of nitrogens with one attached hydrogen (secondary N) is 1. The van der Waals surface area contributed by atoms with Crippen molar-refractivity contribution in [2.75, 3.05) is 11.1 Å². The summed E-state index contributed by atoms with van der Waals surface area (Å²) in [5.74, 6) is 0.193. The van der Waals surface area contributed by atoms with Crippen LogP contribution < -0.4 is 16.2 Å². The third kappa shape index (κ3) is 3.98. The van der Waals surface area contributed by atoms with E-state index in [1.165, 1.54) is 30.5 Å². The van der Waals surface area contributed by atoms with E-state index < -0.39 is 15.8 Å². The highest BCUT2D eigenvalue weighted by Crippen LogP contribution is 2.29. The third-order valence-electron chi connectivity index (χ3n) is 4.18. The first-order valence-electron chi connectivity index (χ1n) is 8.38. The first kappa shape index (κ1) is 18.7. The number of sulfonamides is 1. The molecule has 0 saturated heterocycles. The van der Waals surface area contributed by atoms with Crippen molar-refractivity contribution < 1.29 is 12.8 Å². The average molecular weight is 410 g/mol. The number of hydrogen-bond donors (Lipinski definition) is 3. The molecule has 0 aliphatic heterocycles. The van der Waals surface area contributed by atoms with E-state index in [0.29, 0.717) is 33.5 Å². The second-order valence-electron chi connectivity index (χ2n) is 6.25. The molecule has 0 fully saturated rings. The number of nitrogens with zero attached hydrogens (tertiary/aromatic N) is 3. The molecule has 0 saturated carbocycles. The molecule has 0 unspecified atom stereocenters. The maximum absolute atomic E-state index is 14.1. The van der Waals surface area contributed by atoms with Crippen molar-refractivity contribution in [1.29, 1.82) is 0 Å². The maximum Gasteiger partial charge on any atom is 0.238 e. The number of nitrogens with two attached hydrogens (primary N) is 2. The first-order chi connectivity index (χ1) is 13.8. The predicted octanol–water partition coefficient (Wildman–Crippen LogP) is 2.80. The molecule has 0 amide bonds. The Balaban J connectivity index is 1.74. The summed E-state index contributed by atoms with van der Waals surface area (Å²) in [6, 6.07) is 11.9. The van der Waals surface area contributed by atoms with Crippen molar-refractivity contribution in [2.45, 2.75) is 4.90 Å². The lowest BCUT2D eigenvalue weighted by Crippen LogP contribution is -2.11. The van der Waals surface area contributed by atoms with Crippen molar-refractivity contribution in [3.63, 3.8) is 0 Å². The van der Waals surface area contributed by atoms with Gasteiger partial charge in [0.15, 0.2) is 0 Å². The number of fused-ring (bicyclic) bond motifs is 1. The van der Waals surface area contributed by atoms with Gasteiger partial charge < -0.3 is 11.1 Å². The highest BCUT2D eigenvalue weighted by Gasteiger charge is 2.11. The number of pyridine rings is 1. The van der Waals surface area contributed by atoms with E-state index in [-0.39, 0.29) is 10.8 Å². The Bertz CT molecular complexity index is 1310. The highest BCUT2D eigenvalue weighted by molar-refractivity contribution is 7.89. The lowest BCUT2D eigenvalue weighted by Gasteiger charge is -2.10. The number of aromatic nitrogens is 3. The van der Waals surface area contributed by atoms with Gasteiger partial charge in [0.25, 0.3) is 0 Å². The van der Waals surface area contributed by atoms with Gasteiger partial charge >= 0.3 is 0 Å². The second kappa shape index (κ2) is 7.08. The molecule has 29 heavy (non-hydrogen) atoms.